The number of nitrogens with zero attached hydrogens (tertiary/aromatic N) is 3. The van der Waals surface area contributed by atoms with E-state index >= 15 is 0 Å². The summed E-state index contributed by atoms with van der Waals surface area (Å²) < 4.78 is 67.5. The zero-order valence-electron chi connectivity index (χ0n) is 18.0. The topological polar surface area (TPSA) is 94.0 Å². The minimum Gasteiger partial charge on any atom is -0.268 e. The van der Waals surface area contributed by atoms with Gasteiger partial charge in [-0.05, 0) is 69.0 Å². The first kappa shape index (κ1) is 23.5. The number of sulfonamides is 1. The minimum absolute atomic E-state index is 0.0396. The molecule has 2 heterocycles. The second-order valence-electron chi connectivity index (χ2n) is 7.48. The first-order chi connectivity index (χ1) is 14.7. The molecule has 0 aliphatic rings. The lowest BCUT2D eigenvalue weighted by Gasteiger charge is -2.16. The van der Waals surface area contributed by atoms with Crippen LogP contribution in [-0.4, -0.2) is 29.1 Å². The van der Waals surface area contributed by atoms with Crippen LogP contribution in [0.3, 0.4) is 0 Å². The van der Waals surface area contributed by atoms with Crippen LogP contribution < -0.4 is 4.72 Å². The predicted octanol–water partition coefficient (Wildman–Crippen LogP) is 3.95. The third-order valence-corrected chi connectivity index (χ3v) is 6.94. The molecule has 1 amide bonds. The number of amides is 1. The Morgan fingerprint density at radius 2 is 1.59 bits per heavy atom. The van der Waals surface area contributed by atoms with Crippen molar-refractivity contribution in [3.05, 3.63) is 69.7 Å². The predicted molar refractivity (Wildman–Crippen MR) is 111 cm³/mol. The Kier molecular flexibility index (Phi) is 5.90. The van der Waals surface area contributed by atoms with E-state index in [4.69, 9.17) is 0 Å². The molecule has 0 bridgehead atoms. The maximum Gasteiger partial charge on any atom is 0.417 e. The minimum atomic E-state index is -4.53. The first-order valence-corrected chi connectivity index (χ1v) is 10.9. The van der Waals surface area contributed by atoms with Crippen LogP contribution in [0.2, 0.25) is 0 Å². The van der Waals surface area contributed by atoms with Crippen LogP contribution in [0.5, 0.6) is 0 Å². The molecule has 1 N–H and O–H groups in total. The molecule has 0 saturated heterocycles. The van der Waals surface area contributed by atoms with Crippen molar-refractivity contribution in [2.24, 2.45) is 0 Å². The molecule has 0 aliphatic heterocycles. The number of aromatic nitrogens is 3. The zero-order valence-corrected chi connectivity index (χ0v) is 18.8. The monoisotopic (exact) mass is 466 g/mol. The Bertz CT molecular complexity index is 1290. The summed E-state index contributed by atoms with van der Waals surface area (Å²) in [5.41, 5.74) is 1.88. The van der Waals surface area contributed by atoms with Gasteiger partial charge in [0, 0.05) is 6.20 Å². The Labute approximate surface area is 183 Å². The summed E-state index contributed by atoms with van der Waals surface area (Å²) in [6.07, 6.45) is -2.73. The highest BCUT2D eigenvalue weighted by Gasteiger charge is 2.31. The summed E-state index contributed by atoms with van der Waals surface area (Å²) >= 11 is 0. The van der Waals surface area contributed by atoms with E-state index in [0.717, 1.165) is 34.1 Å². The number of pyridine rings is 1. The molecule has 170 valence electrons. The van der Waals surface area contributed by atoms with Gasteiger partial charge in [0.1, 0.15) is 0 Å². The molecule has 32 heavy (non-hydrogen) atoms. The second-order valence-corrected chi connectivity index (χ2v) is 9.10. The molecule has 0 unspecified atom stereocenters. The van der Waals surface area contributed by atoms with Gasteiger partial charge in [-0.1, -0.05) is 6.07 Å². The quantitative estimate of drug-likeness (QED) is 0.629. The summed E-state index contributed by atoms with van der Waals surface area (Å²) in [4.78, 5) is 16.5. The highest BCUT2D eigenvalue weighted by molar-refractivity contribution is 7.90. The van der Waals surface area contributed by atoms with Crippen LogP contribution in [0.1, 0.15) is 43.9 Å². The molecule has 0 spiro atoms. The van der Waals surface area contributed by atoms with Crippen molar-refractivity contribution < 1.29 is 26.4 Å². The maximum absolute atomic E-state index is 13.0. The number of carbonyl (C=O) groups is 1. The number of carbonyl (C=O) groups excluding carboxylic acids is 1. The van der Waals surface area contributed by atoms with Crippen molar-refractivity contribution in [3.8, 4) is 5.82 Å². The molecule has 1 aromatic carbocycles. The lowest BCUT2D eigenvalue weighted by Crippen LogP contribution is -2.32. The van der Waals surface area contributed by atoms with E-state index in [1.165, 1.54) is 6.92 Å². The molecule has 2 aromatic heterocycles. The maximum atomic E-state index is 13.0. The molecule has 11 heteroatoms. The Balaban J connectivity index is 1.93. The van der Waals surface area contributed by atoms with Gasteiger partial charge >= 0.3 is 6.18 Å². The molecule has 0 aliphatic carbocycles. The molecular weight excluding hydrogens is 445 g/mol. The van der Waals surface area contributed by atoms with Gasteiger partial charge in [-0.3, -0.25) is 4.79 Å². The summed E-state index contributed by atoms with van der Waals surface area (Å²) in [6.45, 7) is 8.39. The standard InChI is InChI=1S/C21H21F3N4O3S/c1-11-8-12(2)14(4)19(13(11)3)32(30,31)27-20(29)17-10-26-28(15(17)5)18-7-6-16(9-25-18)21(22,23)24/h6-10H,1-5H3,(H,27,29). The number of hydrogen-bond donors (Lipinski definition) is 1. The van der Waals surface area contributed by atoms with E-state index < -0.39 is 27.7 Å². The fourth-order valence-corrected chi connectivity index (χ4v) is 4.94. The molecule has 0 fully saturated rings. The summed E-state index contributed by atoms with van der Waals surface area (Å²) in [5, 5.41) is 3.98. The SMILES string of the molecule is Cc1cc(C)c(C)c(S(=O)(=O)NC(=O)c2cnn(-c3ccc(C(F)(F)F)cn3)c2C)c1C. The second kappa shape index (κ2) is 8.05. The van der Waals surface area contributed by atoms with Gasteiger partial charge in [0.15, 0.2) is 5.82 Å². The highest BCUT2D eigenvalue weighted by Crippen LogP contribution is 2.29. The van der Waals surface area contributed by atoms with Crippen LogP contribution >= 0.6 is 0 Å². The molecular formula is C21H21F3N4O3S. The third kappa shape index (κ3) is 4.24. The van der Waals surface area contributed by atoms with Crippen LogP contribution in [0.15, 0.2) is 35.5 Å². The summed E-state index contributed by atoms with van der Waals surface area (Å²) in [5.74, 6) is -0.850. The molecule has 0 radical (unpaired) electrons. The smallest absolute Gasteiger partial charge is 0.268 e. The van der Waals surface area contributed by atoms with Crippen LogP contribution in [0.4, 0.5) is 13.2 Å². The van der Waals surface area contributed by atoms with Gasteiger partial charge in [0.05, 0.1) is 27.9 Å². The van der Waals surface area contributed by atoms with Crippen molar-refractivity contribution in [3.63, 3.8) is 0 Å². The van der Waals surface area contributed by atoms with Gasteiger partial charge in [0.2, 0.25) is 0 Å². The van der Waals surface area contributed by atoms with Crippen molar-refractivity contribution in [2.45, 2.75) is 45.7 Å². The molecule has 0 atom stereocenters. The number of aryl methyl sites for hydroxylation is 2. The zero-order chi connectivity index (χ0) is 24.0. The van der Waals surface area contributed by atoms with Crippen molar-refractivity contribution >= 4 is 15.9 Å². The Morgan fingerprint density at radius 1 is 1.00 bits per heavy atom. The molecule has 3 aromatic rings. The fourth-order valence-electron chi connectivity index (χ4n) is 3.35. The van der Waals surface area contributed by atoms with Crippen molar-refractivity contribution in [1.82, 2.24) is 19.5 Å². The largest absolute Gasteiger partial charge is 0.417 e. The average Bonchev–Trinajstić information content (AvgIpc) is 3.07. The normalized spacial score (nSPS) is 12.1. The molecule has 3 rings (SSSR count). The van der Waals surface area contributed by atoms with E-state index in [-0.39, 0.29) is 22.0 Å². The molecule has 7 nitrogen and oxygen atoms in total. The van der Waals surface area contributed by atoms with Crippen LogP contribution in [-0.2, 0) is 16.2 Å². The first-order valence-electron chi connectivity index (χ1n) is 9.47. The van der Waals surface area contributed by atoms with Gasteiger partial charge in [-0.25, -0.2) is 22.8 Å². The fraction of sp³-hybridized carbons (Fsp3) is 0.286. The molecule has 0 saturated carbocycles. The highest BCUT2D eigenvalue weighted by atomic mass is 32.2. The number of nitrogens with one attached hydrogen (secondary N) is 1. The average molecular weight is 466 g/mol. The Morgan fingerprint density at radius 3 is 2.09 bits per heavy atom. The van der Waals surface area contributed by atoms with Crippen LogP contribution in [0, 0.1) is 34.6 Å². The summed E-state index contributed by atoms with van der Waals surface area (Å²) in [7, 11) is -4.19. The number of hydrogen-bond acceptors (Lipinski definition) is 5. The van der Waals surface area contributed by atoms with Crippen LogP contribution in [0.25, 0.3) is 5.82 Å². The van der Waals surface area contributed by atoms with Gasteiger partial charge in [0.25, 0.3) is 15.9 Å². The van der Waals surface area contributed by atoms with Crippen molar-refractivity contribution in [2.75, 3.05) is 0 Å². The number of benzene rings is 1. The van der Waals surface area contributed by atoms with Gasteiger partial charge in [-0.15, -0.1) is 0 Å². The van der Waals surface area contributed by atoms with E-state index in [1.807, 2.05) is 6.07 Å². The van der Waals surface area contributed by atoms with E-state index in [2.05, 4.69) is 14.8 Å². The van der Waals surface area contributed by atoms with Gasteiger partial charge in [-0.2, -0.15) is 18.3 Å². The van der Waals surface area contributed by atoms with E-state index in [1.54, 1.807) is 27.7 Å². The summed E-state index contributed by atoms with van der Waals surface area (Å²) in [6, 6.07) is 3.83. The number of rotatable bonds is 4. The number of alkyl halides is 3. The van der Waals surface area contributed by atoms with Crippen molar-refractivity contribution in [1.29, 1.82) is 0 Å². The van der Waals surface area contributed by atoms with Gasteiger partial charge < -0.3 is 0 Å². The Hall–Kier alpha value is -3.21. The lowest BCUT2D eigenvalue weighted by molar-refractivity contribution is -0.137. The van der Waals surface area contributed by atoms with E-state index in [0.29, 0.717) is 17.3 Å². The van der Waals surface area contributed by atoms with E-state index in [9.17, 15) is 26.4 Å². The third-order valence-electron chi connectivity index (χ3n) is 5.34. The lowest BCUT2D eigenvalue weighted by atomic mass is 10.0. The number of halogens is 3.